The van der Waals surface area contributed by atoms with Crippen molar-refractivity contribution < 1.29 is 9.53 Å². The average molecular weight is 214 g/mol. The number of hydrogen-bond acceptors (Lipinski definition) is 4. The van der Waals surface area contributed by atoms with Crippen LogP contribution in [0.3, 0.4) is 0 Å². The number of carbonyl (C=O) groups excluding carboxylic acids is 1. The quantitative estimate of drug-likeness (QED) is 0.686. The van der Waals surface area contributed by atoms with Crippen molar-refractivity contribution in [1.82, 2.24) is 4.90 Å². The molecule has 4 heteroatoms. The first-order valence-corrected chi connectivity index (χ1v) is 5.78. The van der Waals surface area contributed by atoms with Crippen LogP contribution in [0.4, 0.5) is 0 Å². The fourth-order valence-corrected chi connectivity index (χ4v) is 2.41. The molecule has 0 saturated carbocycles. The second-order valence-corrected chi connectivity index (χ2v) is 4.06. The Morgan fingerprint density at radius 1 is 1.67 bits per heavy atom. The Hall–Kier alpha value is -0.610. The summed E-state index contributed by atoms with van der Waals surface area (Å²) in [5.74, 6) is -0.0945. The first-order valence-electron chi connectivity index (χ1n) is 5.78. The molecule has 4 nitrogen and oxygen atoms in total. The highest BCUT2D eigenvalue weighted by molar-refractivity contribution is 5.76. The third-order valence-corrected chi connectivity index (χ3v) is 3.21. The molecule has 1 heterocycles. The molecule has 2 atom stereocenters. The van der Waals surface area contributed by atoms with E-state index in [1.54, 1.807) is 0 Å². The Morgan fingerprint density at radius 2 is 2.40 bits per heavy atom. The van der Waals surface area contributed by atoms with Crippen LogP contribution < -0.4 is 5.73 Å². The van der Waals surface area contributed by atoms with Crippen LogP contribution in [0.5, 0.6) is 0 Å². The smallest absolute Gasteiger partial charge is 0.323 e. The van der Waals surface area contributed by atoms with E-state index in [9.17, 15) is 4.79 Å². The van der Waals surface area contributed by atoms with E-state index in [0.29, 0.717) is 12.6 Å². The zero-order valence-corrected chi connectivity index (χ0v) is 9.74. The lowest BCUT2D eigenvalue weighted by atomic mass is 10.1. The predicted octanol–water partition coefficient (Wildman–Crippen LogP) is 0.751. The van der Waals surface area contributed by atoms with Gasteiger partial charge in [-0.05, 0) is 38.8 Å². The van der Waals surface area contributed by atoms with Crippen molar-refractivity contribution in [2.45, 2.75) is 44.7 Å². The molecule has 0 amide bonds. The van der Waals surface area contributed by atoms with Crippen LogP contribution >= 0.6 is 0 Å². The zero-order chi connectivity index (χ0) is 11.3. The predicted molar refractivity (Wildman–Crippen MR) is 59.5 cm³/mol. The summed E-state index contributed by atoms with van der Waals surface area (Å²) < 4.78 is 4.83. The van der Waals surface area contributed by atoms with Crippen molar-refractivity contribution >= 4 is 5.97 Å². The number of esters is 1. The lowest BCUT2D eigenvalue weighted by Crippen LogP contribution is -2.44. The minimum Gasteiger partial charge on any atom is -0.468 e. The second kappa shape index (κ2) is 6.08. The lowest BCUT2D eigenvalue weighted by molar-refractivity contribution is -0.146. The van der Waals surface area contributed by atoms with E-state index in [4.69, 9.17) is 10.5 Å². The highest BCUT2D eigenvalue weighted by Gasteiger charge is 2.34. The van der Waals surface area contributed by atoms with Gasteiger partial charge in [-0.2, -0.15) is 0 Å². The first-order chi connectivity index (χ1) is 7.24. The van der Waals surface area contributed by atoms with Crippen molar-refractivity contribution in [2.75, 3.05) is 20.2 Å². The highest BCUT2D eigenvalue weighted by Crippen LogP contribution is 2.23. The number of nitrogens with zero attached hydrogens (tertiary/aromatic N) is 1. The Morgan fingerprint density at radius 3 is 2.93 bits per heavy atom. The molecule has 1 fully saturated rings. The van der Waals surface area contributed by atoms with Crippen LogP contribution in [-0.2, 0) is 9.53 Å². The van der Waals surface area contributed by atoms with E-state index in [1.807, 2.05) is 0 Å². The fourth-order valence-electron chi connectivity index (χ4n) is 2.41. The van der Waals surface area contributed by atoms with E-state index in [0.717, 1.165) is 32.2 Å². The maximum Gasteiger partial charge on any atom is 0.323 e. The SMILES string of the molecule is CCC(CCN)N1CCCC1C(=O)OC. The molecule has 0 bridgehead atoms. The van der Waals surface area contributed by atoms with Gasteiger partial charge in [-0.1, -0.05) is 6.92 Å². The van der Waals surface area contributed by atoms with Gasteiger partial charge in [-0.15, -0.1) is 0 Å². The van der Waals surface area contributed by atoms with Gasteiger partial charge in [0, 0.05) is 6.04 Å². The summed E-state index contributed by atoms with van der Waals surface area (Å²) in [4.78, 5) is 13.8. The van der Waals surface area contributed by atoms with Crippen LogP contribution in [0, 0.1) is 0 Å². The van der Waals surface area contributed by atoms with Gasteiger partial charge in [-0.25, -0.2) is 0 Å². The molecule has 1 aliphatic heterocycles. The largest absolute Gasteiger partial charge is 0.468 e. The summed E-state index contributed by atoms with van der Waals surface area (Å²) in [5.41, 5.74) is 5.58. The second-order valence-electron chi connectivity index (χ2n) is 4.06. The highest BCUT2D eigenvalue weighted by atomic mass is 16.5. The lowest BCUT2D eigenvalue weighted by Gasteiger charge is -2.30. The van der Waals surface area contributed by atoms with Crippen LogP contribution in [0.15, 0.2) is 0 Å². The average Bonchev–Trinajstić information content (AvgIpc) is 2.73. The van der Waals surface area contributed by atoms with E-state index in [2.05, 4.69) is 11.8 Å². The van der Waals surface area contributed by atoms with Crippen LogP contribution in [0.1, 0.15) is 32.6 Å². The van der Waals surface area contributed by atoms with E-state index in [-0.39, 0.29) is 12.0 Å². The molecule has 1 saturated heterocycles. The van der Waals surface area contributed by atoms with Crippen molar-refractivity contribution in [2.24, 2.45) is 5.73 Å². The number of methoxy groups -OCH3 is 1. The summed E-state index contributed by atoms with van der Waals surface area (Å²) in [5, 5.41) is 0. The van der Waals surface area contributed by atoms with Gasteiger partial charge >= 0.3 is 5.97 Å². The molecular weight excluding hydrogens is 192 g/mol. The number of hydrogen-bond donors (Lipinski definition) is 1. The van der Waals surface area contributed by atoms with Crippen LogP contribution in [0.25, 0.3) is 0 Å². The minimum atomic E-state index is -0.0945. The zero-order valence-electron chi connectivity index (χ0n) is 9.74. The molecule has 15 heavy (non-hydrogen) atoms. The number of nitrogens with two attached hydrogens (primary N) is 1. The van der Waals surface area contributed by atoms with E-state index < -0.39 is 0 Å². The third kappa shape index (κ3) is 2.92. The minimum absolute atomic E-state index is 0.0356. The number of carbonyl (C=O) groups is 1. The first kappa shape index (κ1) is 12.5. The van der Waals surface area contributed by atoms with Gasteiger partial charge in [0.25, 0.3) is 0 Å². The molecule has 0 spiro atoms. The summed E-state index contributed by atoms with van der Waals surface area (Å²) in [6.07, 6.45) is 4.02. The monoisotopic (exact) mass is 214 g/mol. The molecule has 1 rings (SSSR count). The van der Waals surface area contributed by atoms with Crippen LogP contribution in [0.2, 0.25) is 0 Å². The fraction of sp³-hybridized carbons (Fsp3) is 0.909. The molecule has 0 aromatic carbocycles. The molecule has 0 aromatic rings. The Labute approximate surface area is 91.8 Å². The maximum atomic E-state index is 11.6. The third-order valence-electron chi connectivity index (χ3n) is 3.21. The van der Waals surface area contributed by atoms with Gasteiger partial charge < -0.3 is 10.5 Å². The molecule has 0 radical (unpaired) electrons. The Kier molecular flexibility index (Phi) is 5.05. The summed E-state index contributed by atoms with van der Waals surface area (Å²) in [6, 6.07) is 0.396. The number of likely N-dealkylation sites (tertiary alicyclic amines) is 1. The summed E-state index contributed by atoms with van der Waals surface area (Å²) in [6.45, 7) is 3.83. The van der Waals surface area contributed by atoms with Crippen molar-refractivity contribution in [3.05, 3.63) is 0 Å². The van der Waals surface area contributed by atoms with Gasteiger partial charge in [-0.3, -0.25) is 9.69 Å². The van der Waals surface area contributed by atoms with Gasteiger partial charge in [0.05, 0.1) is 7.11 Å². The topological polar surface area (TPSA) is 55.6 Å². The maximum absolute atomic E-state index is 11.6. The summed E-state index contributed by atoms with van der Waals surface area (Å²) in [7, 11) is 1.46. The molecular formula is C11H22N2O2. The van der Waals surface area contributed by atoms with Gasteiger partial charge in [0.1, 0.15) is 6.04 Å². The molecule has 2 N–H and O–H groups in total. The van der Waals surface area contributed by atoms with E-state index >= 15 is 0 Å². The van der Waals surface area contributed by atoms with Gasteiger partial charge in [0.2, 0.25) is 0 Å². The molecule has 0 aliphatic carbocycles. The molecule has 88 valence electrons. The Bertz CT molecular complexity index is 209. The van der Waals surface area contributed by atoms with E-state index in [1.165, 1.54) is 7.11 Å². The molecule has 0 aromatic heterocycles. The molecule has 2 unspecified atom stereocenters. The standard InChI is InChI=1S/C11H22N2O2/c1-3-9(6-7-12)13-8-4-5-10(13)11(14)15-2/h9-10H,3-8,12H2,1-2H3. The summed E-state index contributed by atoms with van der Waals surface area (Å²) >= 11 is 0. The van der Waals surface area contributed by atoms with Crippen LogP contribution in [-0.4, -0.2) is 43.2 Å². The van der Waals surface area contributed by atoms with Gasteiger partial charge in [0.15, 0.2) is 0 Å². The van der Waals surface area contributed by atoms with Crippen molar-refractivity contribution in [3.63, 3.8) is 0 Å². The number of ether oxygens (including phenoxy) is 1. The number of rotatable bonds is 5. The molecule has 1 aliphatic rings. The van der Waals surface area contributed by atoms with Crippen molar-refractivity contribution in [1.29, 1.82) is 0 Å². The normalized spacial score (nSPS) is 24.1. The van der Waals surface area contributed by atoms with Crippen molar-refractivity contribution in [3.8, 4) is 0 Å². The Balaban J connectivity index is 2.61.